The number of nitrogens with zero attached hydrogens (tertiary/aromatic N) is 4. The zero-order valence-corrected chi connectivity index (χ0v) is 31.6. The van der Waals surface area contributed by atoms with Gasteiger partial charge in [-0.1, -0.05) is 133 Å². The van der Waals surface area contributed by atoms with Gasteiger partial charge in [-0.15, -0.1) is 0 Å². The summed E-state index contributed by atoms with van der Waals surface area (Å²) in [4.78, 5) is 17.6. The van der Waals surface area contributed by atoms with Gasteiger partial charge in [-0.05, 0) is 76.1 Å². The quantitative estimate of drug-likeness (QED) is 0.168. The largest absolute Gasteiger partial charge is 0.456 e. The van der Waals surface area contributed by atoms with Crippen LogP contribution in [0.5, 0.6) is 0 Å². The first kappa shape index (κ1) is 33.1. The highest BCUT2D eigenvalue weighted by atomic mass is 16.3. The highest BCUT2D eigenvalue weighted by Crippen LogP contribution is 2.45. The van der Waals surface area contributed by atoms with E-state index in [0.717, 1.165) is 93.8 Å². The average Bonchev–Trinajstić information content (AvgIpc) is 3.88. The molecule has 0 aliphatic heterocycles. The van der Waals surface area contributed by atoms with Gasteiger partial charge in [-0.2, -0.15) is 0 Å². The van der Waals surface area contributed by atoms with Crippen LogP contribution in [0, 0.1) is 0 Å². The summed E-state index contributed by atoms with van der Waals surface area (Å²) in [6.07, 6.45) is 0. The zero-order chi connectivity index (χ0) is 38.9. The van der Waals surface area contributed by atoms with Gasteiger partial charge in [-0.25, -0.2) is 15.0 Å². The maximum Gasteiger partial charge on any atom is 0.164 e. The van der Waals surface area contributed by atoms with Crippen LogP contribution in [-0.4, -0.2) is 15.0 Å². The molecule has 59 heavy (non-hydrogen) atoms. The Morgan fingerprint density at radius 2 is 0.915 bits per heavy atom. The van der Waals surface area contributed by atoms with E-state index < -0.39 is 0 Å². The monoisotopic (exact) mass is 756 g/mol. The molecule has 3 heterocycles. The molecule has 12 rings (SSSR count). The second-order valence-electron chi connectivity index (χ2n) is 14.8. The van der Waals surface area contributed by atoms with Crippen LogP contribution in [-0.2, 0) is 0 Å². The molecule has 0 N–H and O–H groups in total. The number of furan rings is 2. The SMILES string of the molecule is c1ccc(-c2nc(-c3ccc4ccccc4c3)nc(-c3cccc4oc5cc(N(c6ccc7ccccc7c6)c6cccc7oc8ccccc8c67)ccc5c34)n2)cc1. The molecular formula is C53H32N4O2. The Kier molecular flexibility index (Phi) is 7.43. The maximum absolute atomic E-state index is 6.75. The van der Waals surface area contributed by atoms with Crippen molar-refractivity contribution in [3.8, 4) is 34.2 Å². The van der Waals surface area contributed by atoms with E-state index in [1.807, 2.05) is 60.7 Å². The lowest BCUT2D eigenvalue weighted by Gasteiger charge is -2.26. The third-order valence-corrected chi connectivity index (χ3v) is 11.3. The number of hydrogen-bond donors (Lipinski definition) is 0. The van der Waals surface area contributed by atoms with Gasteiger partial charge in [0, 0.05) is 50.3 Å². The van der Waals surface area contributed by atoms with Gasteiger partial charge in [0.05, 0.1) is 11.1 Å². The molecule has 6 heteroatoms. The summed E-state index contributed by atoms with van der Waals surface area (Å²) < 4.78 is 13.1. The fourth-order valence-corrected chi connectivity index (χ4v) is 8.50. The van der Waals surface area contributed by atoms with Crippen molar-refractivity contribution in [2.45, 2.75) is 0 Å². The first-order chi connectivity index (χ1) is 29.2. The molecule has 0 aliphatic rings. The zero-order valence-electron chi connectivity index (χ0n) is 31.6. The van der Waals surface area contributed by atoms with Gasteiger partial charge < -0.3 is 13.7 Å². The molecule has 0 spiro atoms. The van der Waals surface area contributed by atoms with Crippen LogP contribution >= 0.6 is 0 Å². The lowest BCUT2D eigenvalue weighted by atomic mass is 10.0. The summed E-state index contributed by atoms with van der Waals surface area (Å²) >= 11 is 0. The maximum atomic E-state index is 6.75. The summed E-state index contributed by atoms with van der Waals surface area (Å²) in [6, 6.07) is 66.9. The molecular weight excluding hydrogens is 725 g/mol. The van der Waals surface area contributed by atoms with Crippen molar-refractivity contribution in [3.63, 3.8) is 0 Å². The Labute approximate surface area is 338 Å². The van der Waals surface area contributed by atoms with Crippen LogP contribution in [0.3, 0.4) is 0 Å². The van der Waals surface area contributed by atoms with E-state index in [-0.39, 0.29) is 0 Å². The Hall–Kier alpha value is -8.09. The Balaban J connectivity index is 1.06. The van der Waals surface area contributed by atoms with E-state index in [2.05, 4.69) is 138 Å². The van der Waals surface area contributed by atoms with E-state index in [1.54, 1.807) is 0 Å². The molecule has 6 nitrogen and oxygen atoms in total. The molecule has 0 fully saturated rings. The number of benzene rings is 9. The molecule has 0 amide bonds. The van der Waals surface area contributed by atoms with Crippen molar-refractivity contribution in [2.24, 2.45) is 0 Å². The van der Waals surface area contributed by atoms with Gasteiger partial charge in [-0.3, -0.25) is 0 Å². The van der Waals surface area contributed by atoms with E-state index in [4.69, 9.17) is 23.8 Å². The summed E-state index contributed by atoms with van der Waals surface area (Å²) in [7, 11) is 0. The number of fused-ring (bicyclic) bond motifs is 8. The molecule has 0 bridgehead atoms. The van der Waals surface area contributed by atoms with Crippen molar-refractivity contribution < 1.29 is 8.83 Å². The second-order valence-corrected chi connectivity index (χ2v) is 14.8. The number of hydrogen-bond acceptors (Lipinski definition) is 6. The topological polar surface area (TPSA) is 68.2 Å². The second kappa shape index (κ2) is 13.3. The van der Waals surface area contributed by atoms with Gasteiger partial charge in [0.1, 0.15) is 22.3 Å². The van der Waals surface area contributed by atoms with Crippen LogP contribution in [0.15, 0.2) is 203 Å². The van der Waals surface area contributed by atoms with Crippen LogP contribution in [0.4, 0.5) is 17.1 Å². The molecule has 9 aromatic carbocycles. The average molecular weight is 757 g/mol. The number of para-hydroxylation sites is 1. The standard InChI is InChI=1S/C53H32N4O2/c1-2-14-35(15-3-1)51-54-52(38-25-24-33-12-4-6-16-36(33)30-38)56-53(55-51)43-19-10-22-46-49(43)42-29-28-40(32-48(42)59-46)57(39-27-26-34-13-5-7-17-37(34)31-39)44-20-11-23-47-50(44)41-18-8-9-21-45(41)58-47/h1-32H. The van der Waals surface area contributed by atoms with E-state index in [0.29, 0.717) is 17.5 Å². The number of aromatic nitrogens is 3. The van der Waals surface area contributed by atoms with Gasteiger partial charge in [0.2, 0.25) is 0 Å². The number of rotatable bonds is 6. The Bertz CT molecular complexity index is 3590. The van der Waals surface area contributed by atoms with Gasteiger partial charge >= 0.3 is 0 Å². The van der Waals surface area contributed by atoms with Crippen LogP contribution < -0.4 is 4.90 Å². The van der Waals surface area contributed by atoms with Crippen LogP contribution in [0.2, 0.25) is 0 Å². The molecule has 0 saturated heterocycles. The lowest BCUT2D eigenvalue weighted by molar-refractivity contribution is 0.669. The predicted octanol–water partition coefficient (Wildman–Crippen LogP) is 14.4. The minimum atomic E-state index is 0.579. The molecule has 0 unspecified atom stereocenters. The summed E-state index contributed by atoms with van der Waals surface area (Å²) in [6.45, 7) is 0. The van der Waals surface area contributed by atoms with Crippen LogP contribution in [0.1, 0.15) is 0 Å². The molecule has 0 atom stereocenters. The minimum absolute atomic E-state index is 0.579. The summed E-state index contributed by atoms with van der Waals surface area (Å²) in [5.41, 5.74) is 8.90. The summed E-state index contributed by atoms with van der Waals surface area (Å²) in [5, 5.41) is 8.66. The van der Waals surface area contributed by atoms with Gasteiger partial charge in [0.15, 0.2) is 17.5 Å². The fourth-order valence-electron chi connectivity index (χ4n) is 8.50. The van der Waals surface area contributed by atoms with Crippen LogP contribution in [0.25, 0.3) is 99.6 Å². The molecule has 0 aliphatic carbocycles. The van der Waals surface area contributed by atoms with Gasteiger partial charge in [0.25, 0.3) is 0 Å². The van der Waals surface area contributed by atoms with Crippen molar-refractivity contribution in [1.82, 2.24) is 15.0 Å². The third kappa shape index (κ3) is 5.53. The van der Waals surface area contributed by atoms with Crippen molar-refractivity contribution in [1.29, 1.82) is 0 Å². The molecule has 12 aromatic rings. The fraction of sp³-hybridized carbons (Fsp3) is 0. The van der Waals surface area contributed by atoms with Crippen molar-refractivity contribution in [3.05, 3.63) is 194 Å². The lowest BCUT2D eigenvalue weighted by Crippen LogP contribution is -2.10. The molecule has 0 radical (unpaired) electrons. The molecule has 3 aromatic heterocycles. The van der Waals surface area contributed by atoms with Crippen molar-refractivity contribution in [2.75, 3.05) is 4.90 Å². The summed E-state index contributed by atoms with van der Waals surface area (Å²) in [5.74, 6) is 1.80. The molecule has 276 valence electrons. The normalized spacial score (nSPS) is 11.7. The van der Waals surface area contributed by atoms with E-state index >= 15 is 0 Å². The molecule has 0 saturated carbocycles. The smallest absolute Gasteiger partial charge is 0.164 e. The highest BCUT2D eigenvalue weighted by molar-refractivity contribution is 6.15. The van der Waals surface area contributed by atoms with Crippen molar-refractivity contribution >= 4 is 82.5 Å². The minimum Gasteiger partial charge on any atom is -0.456 e. The van der Waals surface area contributed by atoms with E-state index in [1.165, 1.54) is 5.39 Å². The Morgan fingerprint density at radius 3 is 1.75 bits per heavy atom. The Morgan fingerprint density at radius 1 is 0.339 bits per heavy atom. The number of anilines is 3. The highest BCUT2D eigenvalue weighted by Gasteiger charge is 2.23. The predicted molar refractivity (Wildman–Crippen MR) is 240 cm³/mol. The third-order valence-electron chi connectivity index (χ3n) is 11.3. The first-order valence-electron chi connectivity index (χ1n) is 19.7. The first-order valence-corrected chi connectivity index (χ1v) is 19.7. The van der Waals surface area contributed by atoms with E-state index in [9.17, 15) is 0 Å².